The van der Waals surface area contributed by atoms with E-state index >= 15 is 0 Å². The number of nitrogens with one attached hydrogen (secondary N) is 1. The van der Waals surface area contributed by atoms with Crippen molar-refractivity contribution in [3.05, 3.63) is 29.8 Å². The lowest BCUT2D eigenvalue weighted by molar-refractivity contribution is -0.274. The van der Waals surface area contributed by atoms with E-state index in [-0.39, 0.29) is 30.6 Å². The molecule has 0 saturated carbocycles. The second kappa shape index (κ2) is 11.0. The molecule has 0 radical (unpaired) electrons. The van der Waals surface area contributed by atoms with Gasteiger partial charge in [-0.25, -0.2) is 0 Å². The van der Waals surface area contributed by atoms with E-state index in [1.54, 1.807) is 6.07 Å². The van der Waals surface area contributed by atoms with Gasteiger partial charge in [0.05, 0.1) is 0 Å². The lowest BCUT2D eigenvalue weighted by Crippen LogP contribution is -2.45. The minimum Gasteiger partial charge on any atom is -0.406 e. The first-order valence-electron chi connectivity index (χ1n) is 7.39. The van der Waals surface area contributed by atoms with Crippen LogP contribution < -0.4 is 10.1 Å². The Morgan fingerprint density at radius 3 is 2.50 bits per heavy atom. The van der Waals surface area contributed by atoms with Gasteiger partial charge in [-0.15, -0.1) is 38.0 Å². The molecule has 0 aromatic heterocycles. The molecule has 1 aliphatic rings. The normalized spacial score (nSPS) is 15.5. The van der Waals surface area contributed by atoms with Gasteiger partial charge in [0.1, 0.15) is 5.75 Å². The molecule has 1 aliphatic heterocycles. The molecule has 1 aromatic carbocycles. The number of hydrogen-bond acceptors (Lipinski definition) is 4. The first-order chi connectivity index (χ1) is 10.4. The Labute approximate surface area is 153 Å². The number of rotatable bonds is 6. The summed E-state index contributed by atoms with van der Waals surface area (Å²) in [4.78, 5) is 4.49. The van der Waals surface area contributed by atoms with Crippen molar-refractivity contribution in [3.8, 4) is 5.75 Å². The van der Waals surface area contributed by atoms with E-state index in [0.717, 1.165) is 44.8 Å². The molecule has 1 saturated heterocycles. The zero-order valence-electron chi connectivity index (χ0n) is 13.5. The monoisotopic (exact) mass is 389 g/mol. The predicted octanol–water partition coefficient (Wildman–Crippen LogP) is 2.77. The molecule has 1 heterocycles. The Kier molecular flexibility index (Phi) is 10.7. The fourth-order valence-corrected chi connectivity index (χ4v) is 2.48. The van der Waals surface area contributed by atoms with Crippen LogP contribution in [-0.4, -0.2) is 62.5 Å². The third-order valence-corrected chi connectivity index (χ3v) is 3.59. The Morgan fingerprint density at radius 2 is 1.88 bits per heavy atom. The number of benzene rings is 1. The number of piperazine rings is 1. The number of alkyl halides is 3. The van der Waals surface area contributed by atoms with Crippen molar-refractivity contribution < 1.29 is 17.9 Å². The molecule has 0 amide bonds. The van der Waals surface area contributed by atoms with Crippen molar-refractivity contribution in [1.29, 1.82) is 0 Å². The molecule has 1 fully saturated rings. The van der Waals surface area contributed by atoms with Crippen LogP contribution in [0.2, 0.25) is 0 Å². The van der Waals surface area contributed by atoms with E-state index in [0.29, 0.717) is 6.54 Å². The average Bonchev–Trinajstić information content (AvgIpc) is 2.45. The molecule has 0 aliphatic carbocycles. The summed E-state index contributed by atoms with van der Waals surface area (Å²) in [7, 11) is 1.97. The van der Waals surface area contributed by atoms with Gasteiger partial charge in [-0.05, 0) is 24.7 Å². The molecule has 1 N–H and O–H groups in total. The van der Waals surface area contributed by atoms with Gasteiger partial charge >= 0.3 is 6.36 Å². The van der Waals surface area contributed by atoms with Crippen LogP contribution in [0.5, 0.6) is 5.75 Å². The lowest BCUT2D eigenvalue weighted by atomic mass is 10.2. The minimum absolute atomic E-state index is 0. The van der Waals surface area contributed by atoms with Crippen LogP contribution in [0, 0.1) is 0 Å². The van der Waals surface area contributed by atoms with Crippen molar-refractivity contribution in [2.45, 2.75) is 12.9 Å². The summed E-state index contributed by atoms with van der Waals surface area (Å²) in [5, 5.41) is 3.31. The Bertz CT molecular complexity index is 472. The highest BCUT2D eigenvalue weighted by molar-refractivity contribution is 5.85. The van der Waals surface area contributed by atoms with Crippen molar-refractivity contribution in [2.24, 2.45) is 0 Å². The van der Waals surface area contributed by atoms with Gasteiger partial charge in [-0.3, -0.25) is 4.90 Å². The highest BCUT2D eigenvalue weighted by Gasteiger charge is 2.31. The maximum atomic E-state index is 12.2. The lowest BCUT2D eigenvalue weighted by Gasteiger charge is -2.29. The van der Waals surface area contributed by atoms with Crippen LogP contribution in [0.25, 0.3) is 0 Å². The van der Waals surface area contributed by atoms with Crippen LogP contribution in [0.4, 0.5) is 13.2 Å². The molecule has 4 nitrogen and oxygen atoms in total. The van der Waals surface area contributed by atoms with Crippen molar-refractivity contribution in [3.63, 3.8) is 0 Å². The third kappa shape index (κ3) is 8.94. The van der Waals surface area contributed by atoms with Crippen molar-refractivity contribution in [2.75, 3.05) is 46.3 Å². The average molecular weight is 390 g/mol. The molecule has 2 rings (SSSR count). The van der Waals surface area contributed by atoms with E-state index in [1.807, 2.05) is 13.1 Å². The summed E-state index contributed by atoms with van der Waals surface area (Å²) in [6, 6.07) is 6.15. The molecule has 140 valence electrons. The van der Waals surface area contributed by atoms with E-state index in [4.69, 9.17) is 0 Å². The quantitative estimate of drug-likeness (QED) is 0.809. The van der Waals surface area contributed by atoms with E-state index in [9.17, 15) is 13.2 Å². The van der Waals surface area contributed by atoms with Crippen LogP contribution >= 0.6 is 24.8 Å². The van der Waals surface area contributed by atoms with Gasteiger partial charge in [0.2, 0.25) is 0 Å². The second-order valence-electron chi connectivity index (χ2n) is 5.52. The number of nitrogens with zero attached hydrogens (tertiary/aromatic N) is 2. The number of halogens is 5. The van der Waals surface area contributed by atoms with Gasteiger partial charge < -0.3 is 15.0 Å². The van der Waals surface area contributed by atoms with Crippen LogP contribution in [0.1, 0.15) is 5.56 Å². The molecule has 24 heavy (non-hydrogen) atoms. The van der Waals surface area contributed by atoms with Gasteiger partial charge in [-0.2, -0.15) is 0 Å². The maximum absolute atomic E-state index is 12.2. The largest absolute Gasteiger partial charge is 0.573 e. The molecule has 0 bridgehead atoms. The Hall–Kier alpha value is -0.730. The van der Waals surface area contributed by atoms with E-state index in [1.165, 1.54) is 12.1 Å². The molecule has 0 spiro atoms. The fourth-order valence-electron chi connectivity index (χ4n) is 2.48. The fraction of sp³-hybridized carbons (Fsp3) is 0.600. The summed E-state index contributed by atoms with van der Waals surface area (Å²) < 4.78 is 40.6. The van der Waals surface area contributed by atoms with Gasteiger partial charge in [-0.1, -0.05) is 12.1 Å². The van der Waals surface area contributed by atoms with Gasteiger partial charge in [0.25, 0.3) is 0 Å². The van der Waals surface area contributed by atoms with Crippen molar-refractivity contribution >= 4 is 24.8 Å². The minimum atomic E-state index is -4.65. The standard InChI is InChI=1S/C15H22F3N3O.2ClH/c1-20(9-10-21-7-5-19-6-8-21)12-13-3-2-4-14(11-13)22-15(16,17)18;;/h2-4,11,19H,5-10,12H2,1H3;2*1H. The zero-order valence-corrected chi connectivity index (χ0v) is 15.1. The molecular formula is C15H24Cl2F3N3O. The maximum Gasteiger partial charge on any atom is 0.573 e. The van der Waals surface area contributed by atoms with Gasteiger partial charge in [0, 0.05) is 45.8 Å². The van der Waals surface area contributed by atoms with Crippen LogP contribution in [0.15, 0.2) is 24.3 Å². The molecule has 0 unspecified atom stereocenters. The van der Waals surface area contributed by atoms with Crippen LogP contribution in [-0.2, 0) is 6.54 Å². The highest BCUT2D eigenvalue weighted by atomic mass is 35.5. The van der Waals surface area contributed by atoms with Crippen LogP contribution in [0.3, 0.4) is 0 Å². The Balaban J connectivity index is 0.00000264. The van der Waals surface area contributed by atoms with Crippen molar-refractivity contribution in [1.82, 2.24) is 15.1 Å². The summed E-state index contributed by atoms with van der Waals surface area (Å²) in [6.45, 7) is 6.56. The summed E-state index contributed by atoms with van der Waals surface area (Å²) in [5.41, 5.74) is 0.810. The third-order valence-electron chi connectivity index (χ3n) is 3.59. The highest BCUT2D eigenvalue weighted by Crippen LogP contribution is 2.23. The Morgan fingerprint density at radius 1 is 1.21 bits per heavy atom. The second-order valence-corrected chi connectivity index (χ2v) is 5.52. The van der Waals surface area contributed by atoms with Gasteiger partial charge in [0.15, 0.2) is 0 Å². The number of hydrogen-bond donors (Lipinski definition) is 1. The molecular weight excluding hydrogens is 366 g/mol. The number of ether oxygens (including phenoxy) is 1. The number of likely N-dealkylation sites (N-methyl/N-ethyl adjacent to an activating group) is 1. The summed E-state index contributed by atoms with van der Waals surface area (Å²) in [6.07, 6.45) is -4.65. The predicted molar refractivity (Wildman–Crippen MR) is 93.3 cm³/mol. The SMILES string of the molecule is CN(CCN1CCNCC1)Cc1cccc(OC(F)(F)F)c1.Cl.Cl. The van der Waals surface area contributed by atoms with E-state index in [2.05, 4.69) is 19.9 Å². The summed E-state index contributed by atoms with van der Waals surface area (Å²) >= 11 is 0. The topological polar surface area (TPSA) is 27.7 Å². The first kappa shape index (κ1) is 23.3. The molecule has 1 aromatic rings. The van der Waals surface area contributed by atoms with E-state index < -0.39 is 6.36 Å². The zero-order chi connectivity index (χ0) is 16.0. The first-order valence-corrected chi connectivity index (χ1v) is 7.39. The molecule has 0 atom stereocenters. The smallest absolute Gasteiger partial charge is 0.406 e. The molecule has 9 heteroatoms. The summed E-state index contributed by atoms with van der Waals surface area (Å²) in [5.74, 6) is -0.166.